The summed E-state index contributed by atoms with van der Waals surface area (Å²) in [4.78, 5) is 15.6. The topological polar surface area (TPSA) is 54.4 Å². The molecule has 4 heteroatoms. The van der Waals surface area contributed by atoms with Gasteiger partial charge in [-0.3, -0.25) is 9.78 Å². The van der Waals surface area contributed by atoms with Gasteiger partial charge in [0.15, 0.2) is 0 Å². The van der Waals surface area contributed by atoms with Crippen molar-refractivity contribution in [2.24, 2.45) is 5.10 Å². The molecule has 0 unspecified atom stereocenters. The Morgan fingerprint density at radius 1 is 0.857 bits per heavy atom. The molecule has 156 valence electrons. The van der Waals surface area contributed by atoms with Crippen LogP contribution in [0.5, 0.6) is 0 Å². The van der Waals surface area contributed by atoms with E-state index in [1.165, 1.54) is 77.0 Å². The standard InChI is InChI=1S/C24H39N3O/c1-2-3-4-5-6-7-8-9-10-11-12-13-14-15-16-17-20-26-27-24(28)23-18-21-25-22-19-23/h9-10,18-22H,2-8,11-17H2,1H3,(H,27,28)/b10-9-,26-20?. The summed E-state index contributed by atoms with van der Waals surface area (Å²) < 4.78 is 0. The molecule has 0 fully saturated rings. The number of hydrogen-bond donors (Lipinski definition) is 1. The van der Waals surface area contributed by atoms with Gasteiger partial charge in [0, 0.05) is 24.2 Å². The SMILES string of the molecule is CCCCCCCC/C=C\CCCCCCCC=NNC(=O)c1ccncc1. The fourth-order valence-corrected chi connectivity index (χ4v) is 3.04. The monoisotopic (exact) mass is 385 g/mol. The number of amides is 1. The number of carbonyl (C=O) groups excluding carboxylic acids is 1. The van der Waals surface area contributed by atoms with Gasteiger partial charge in [0.1, 0.15) is 0 Å². The van der Waals surface area contributed by atoms with Crippen LogP contribution in [0.15, 0.2) is 41.8 Å². The molecular formula is C24H39N3O. The second-order valence-corrected chi connectivity index (χ2v) is 7.36. The van der Waals surface area contributed by atoms with Crippen molar-refractivity contribution in [3.8, 4) is 0 Å². The van der Waals surface area contributed by atoms with Gasteiger partial charge in [-0.2, -0.15) is 5.10 Å². The van der Waals surface area contributed by atoms with Gasteiger partial charge in [0.25, 0.3) is 5.91 Å². The van der Waals surface area contributed by atoms with Crippen LogP contribution in [-0.2, 0) is 0 Å². The molecule has 0 aliphatic rings. The van der Waals surface area contributed by atoms with E-state index in [0.29, 0.717) is 5.56 Å². The van der Waals surface area contributed by atoms with Gasteiger partial charge in [-0.25, -0.2) is 5.43 Å². The average molecular weight is 386 g/mol. The average Bonchev–Trinajstić information content (AvgIpc) is 2.73. The highest BCUT2D eigenvalue weighted by Crippen LogP contribution is 2.09. The first kappa shape index (κ1) is 24.1. The van der Waals surface area contributed by atoms with Crippen molar-refractivity contribution in [2.45, 2.75) is 96.8 Å². The van der Waals surface area contributed by atoms with Crippen LogP contribution in [0.2, 0.25) is 0 Å². The fourth-order valence-electron chi connectivity index (χ4n) is 3.04. The summed E-state index contributed by atoms with van der Waals surface area (Å²) in [6, 6.07) is 3.35. The molecule has 0 aromatic carbocycles. The van der Waals surface area contributed by atoms with Crippen LogP contribution in [0.3, 0.4) is 0 Å². The highest BCUT2D eigenvalue weighted by Gasteiger charge is 2.01. The minimum Gasteiger partial charge on any atom is -0.267 e. The third kappa shape index (κ3) is 14.1. The largest absolute Gasteiger partial charge is 0.271 e. The summed E-state index contributed by atoms with van der Waals surface area (Å²) >= 11 is 0. The molecule has 1 amide bonds. The predicted octanol–water partition coefficient (Wildman–Crippen LogP) is 6.83. The minimum absolute atomic E-state index is 0.191. The summed E-state index contributed by atoms with van der Waals surface area (Å²) in [5.74, 6) is -0.191. The Kier molecular flexibility index (Phi) is 15.8. The van der Waals surface area contributed by atoms with Crippen molar-refractivity contribution in [3.63, 3.8) is 0 Å². The van der Waals surface area contributed by atoms with E-state index in [0.717, 1.165) is 12.8 Å². The molecule has 1 N–H and O–H groups in total. The van der Waals surface area contributed by atoms with E-state index in [9.17, 15) is 4.79 Å². The second-order valence-electron chi connectivity index (χ2n) is 7.36. The summed E-state index contributed by atoms with van der Waals surface area (Å²) in [6.45, 7) is 2.27. The van der Waals surface area contributed by atoms with Crippen LogP contribution >= 0.6 is 0 Å². The number of rotatable bonds is 17. The maximum Gasteiger partial charge on any atom is 0.271 e. The molecule has 1 aromatic rings. The van der Waals surface area contributed by atoms with Crippen LogP contribution in [0, 0.1) is 0 Å². The normalized spacial score (nSPS) is 11.5. The number of nitrogens with one attached hydrogen (secondary N) is 1. The summed E-state index contributed by atoms with van der Waals surface area (Å²) in [5, 5.41) is 4.00. The molecule has 0 saturated heterocycles. The molecule has 0 radical (unpaired) electrons. The van der Waals surface area contributed by atoms with Crippen LogP contribution in [0.1, 0.15) is 107 Å². The van der Waals surface area contributed by atoms with Gasteiger partial charge in [-0.1, -0.05) is 70.4 Å². The third-order valence-electron chi connectivity index (χ3n) is 4.79. The first-order valence-corrected chi connectivity index (χ1v) is 11.2. The van der Waals surface area contributed by atoms with E-state index < -0.39 is 0 Å². The Balaban J connectivity index is 1.84. The molecule has 0 bridgehead atoms. The Bertz CT molecular complexity index is 540. The quantitative estimate of drug-likeness (QED) is 0.138. The van der Waals surface area contributed by atoms with Crippen LogP contribution in [0.25, 0.3) is 0 Å². The first-order valence-electron chi connectivity index (χ1n) is 11.2. The van der Waals surface area contributed by atoms with E-state index in [4.69, 9.17) is 0 Å². The van der Waals surface area contributed by atoms with E-state index >= 15 is 0 Å². The van der Waals surface area contributed by atoms with E-state index in [1.54, 1.807) is 30.7 Å². The van der Waals surface area contributed by atoms with Crippen LogP contribution in [0.4, 0.5) is 0 Å². The second kappa shape index (κ2) is 18.4. The molecule has 28 heavy (non-hydrogen) atoms. The number of pyridine rings is 1. The predicted molar refractivity (Wildman–Crippen MR) is 120 cm³/mol. The maximum atomic E-state index is 11.8. The lowest BCUT2D eigenvalue weighted by molar-refractivity contribution is 0.0955. The van der Waals surface area contributed by atoms with Crippen LogP contribution < -0.4 is 5.43 Å². The molecule has 0 saturated carbocycles. The Labute approximate surface area is 171 Å². The molecule has 1 heterocycles. The third-order valence-corrected chi connectivity index (χ3v) is 4.79. The molecule has 0 atom stereocenters. The summed E-state index contributed by atoms with van der Waals surface area (Å²) in [5.41, 5.74) is 3.12. The minimum atomic E-state index is -0.191. The maximum absolute atomic E-state index is 11.8. The van der Waals surface area contributed by atoms with Gasteiger partial charge in [0.05, 0.1) is 0 Å². The van der Waals surface area contributed by atoms with E-state index in [-0.39, 0.29) is 5.91 Å². The molecule has 1 rings (SSSR count). The van der Waals surface area contributed by atoms with Gasteiger partial charge in [0.2, 0.25) is 0 Å². The number of aromatic nitrogens is 1. The molecule has 1 aromatic heterocycles. The first-order chi connectivity index (χ1) is 13.8. The number of nitrogens with zero attached hydrogens (tertiary/aromatic N) is 2. The van der Waals surface area contributed by atoms with Crippen molar-refractivity contribution < 1.29 is 4.79 Å². The highest BCUT2D eigenvalue weighted by atomic mass is 16.2. The van der Waals surface area contributed by atoms with Gasteiger partial charge in [-0.15, -0.1) is 0 Å². The van der Waals surface area contributed by atoms with Crippen molar-refractivity contribution >= 4 is 12.1 Å². The molecule has 4 nitrogen and oxygen atoms in total. The van der Waals surface area contributed by atoms with Gasteiger partial charge < -0.3 is 0 Å². The lowest BCUT2D eigenvalue weighted by Gasteiger charge is -2.00. The number of carbonyl (C=O) groups is 1. The van der Waals surface area contributed by atoms with E-state index in [1.807, 2.05) is 0 Å². The molecule has 0 aliphatic heterocycles. The highest BCUT2D eigenvalue weighted by molar-refractivity contribution is 5.94. The number of hydrazone groups is 1. The zero-order chi connectivity index (χ0) is 20.1. The number of hydrogen-bond acceptors (Lipinski definition) is 3. The lowest BCUT2D eigenvalue weighted by Crippen LogP contribution is -2.17. The van der Waals surface area contributed by atoms with Gasteiger partial charge >= 0.3 is 0 Å². The Morgan fingerprint density at radius 3 is 2.00 bits per heavy atom. The zero-order valence-corrected chi connectivity index (χ0v) is 17.7. The van der Waals surface area contributed by atoms with Crippen molar-refractivity contribution in [2.75, 3.05) is 0 Å². The van der Waals surface area contributed by atoms with Crippen LogP contribution in [-0.4, -0.2) is 17.1 Å². The summed E-state index contributed by atoms with van der Waals surface area (Å²) in [7, 11) is 0. The molecule has 0 spiro atoms. The Morgan fingerprint density at radius 2 is 1.39 bits per heavy atom. The molecular weight excluding hydrogens is 346 g/mol. The smallest absolute Gasteiger partial charge is 0.267 e. The van der Waals surface area contributed by atoms with Crippen molar-refractivity contribution in [1.82, 2.24) is 10.4 Å². The van der Waals surface area contributed by atoms with E-state index in [2.05, 4.69) is 34.6 Å². The summed E-state index contributed by atoms with van der Waals surface area (Å²) in [6.07, 6.45) is 27.6. The van der Waals surface area contributed by atoms with Gasteiger partial charge in [-0.05, 0) is 50.7 Å². The fraction of sp³-hybridized carbons (Fsp3) is 0.625. The molecule has 0 aliphatic carbocycles. The van der Waals surface area contributed by atoms with Crippen molar-refractivity contribution in [1.29, 1.82) is 0 Å². The Hall–Kier alpha value is -1.97. The lowest BCUT2D eigenvalue weighted by atomic mass is 10.1. The number of unbranched alkanes of at least 4 members (excludes halogenated alkanes) is 12. The zero-order valence-electron chi connectivity index (χ0n) is 17.7. The number of allylic oxidation sites excluding steroid dienone is 2. The van der Waals surface area contributed by atoms with Crippen molar-refractivity contribution in [3.05, 3.63) is 42.2 Å².